The Hall–Kier alpha value is -1.85. The molecule has 0 saturated heterocycles. The highest BCUT2D eigenvalue weighted by molar-refractivity contribution is 6.30. The van der Waals surface area contributed by atoms with Crippen LogP contribution in [0, 0.1) is 17.4 Å². The SMILES string of the molecule is N#Cc1cccnc1-c1cc[c]c(Cl)c1. The minimum absolute atomic E-state index is 0.516. The van der Waals surface area contributed by atoms with E-state index in [0.717, 1.165) is 5.56 Å². The Labute approximate surface area is 92.8 Å². The molecule has 15 heavy (non-hydrogen) atoms. The quantitative estimate of drug-likeness (QED) is 0.730. The zero-order valence-electron chi connectivity index (χ0n) is 7.74. The van der Waals surface area contributed by atoms with Gasteiger partial charge in [-0.2, -0.15) is 5.26 Å². The average molecular weight is 214 g/mol. The molecule has 1 aromatic heterocycles. The Kier molecular flexibility index (Phi) is 2.66. The van der Waals surface area contributed by atoms with Gasteiger partial charge in [0.1, 0.15) is 6.07 Å². The van der Waals surface area contributed by atoms with Gasteiger partial charge in [0.2, 0.25) is 0 Å². The van der Waals surface area contributed by atoms with Gasteiger partial charge in [-0.1, -0.05) is 23.7 Å². The van der Waals surface area contributed by atoms with Crippen molar-refractivity contribution in [2.75, 3.05) is 0 Å². The van der Waals surface area contributed by atoms with Crippen molar-refractivity contribution in [3.05, 3.63) is 53.2 Å². The number of nitrogens with zero attached hydrogens (tertiary/aromatic N) is 2. The predicted molar refractivity (Wildman–Crippen MR) is 58.2 cm³/mol. The van der Waals surface area contributed by atoms with Crippen LogP contribution in [0.25, 0.3) is 11.3 Å². The van der Waals surface area contributed by atoms with Crippen LogP contribution in [0.4, 0.5) is 0 Å². The third kappa shape index (κ3) is 1.98. The van der Waals surface area contributed by atoms with Crippen molar-refractivity contribution in [2.45, 2.75) is 0 Å². The standard InChI is InChI=1S/C12H6ClN2/c13-11-5-1-3-9(7-11)12-10(8-14)4-2-6-15-12/h1-4,6-7H. The minimum atomic E-state index is 0.516. The van der Waals surface area contributed by atoms with Gasteiger partial charge in [-0.15, -0.1) is 0 Å². The van der Waals surface area contributed by atoms with E-state index in [0.29, 0.717) is 16.3 Å². The Morgan fingerprint density at radius 3 is 3.00 bits per heavy atom. The molecular formula is C12H6ClN2. The van der Waals surface area contributed by atoms with Crippen molar-refractivity contribution >= 4 is 11.6 Å². The van der Waals surface area contributed by atoms with E-state index in [-0.39, 0.29) is 0 Å². The molecule has 0 spiro atoms. The molecule has 0 aliphatic rings. The van der Waals surface area contributed by atoms with Gasteiger partial charge in [0, 0.05) is 22.8 Å². The second kappa shape index (κ2) is 4.12. The molecule has 2 rings (SSSR count). The van der Waals surface area contributed by atoms with Crippen LogP contribution in [-0.4, -0.2) is 4.98 Å². The van der Waals surface area contributed by atoms with Gasteiger partial charge in [0.15, 0.2) is 0 Å². The van der Waals surface area contributed by atoms with Crippen molar-refractivity contribution in [2.24, 2.45) is 0 Å². The summed E-state index contributed by atoms with van der Waals surface area (Å²) in [4.78, 5) is 4.17. The van der Waals surface area contributed by atoms with Gasteiger partial charge >= 0.3 is 0 Å². The predicted octanol–water partition coefficient (Wildman–Crippen LogP) is 3.07. The van der Waals surface area contributed by atoms with E-state index in [1.807, 2.05) is 6.07 Å². The zero-order valence-corrected chi connectivity index (χ0v) is 8.49. The molecule has 0 bridgehead atoms. The fourth-order valence-corrected chi connectivity index (χ4v) is 1.49. The molecule has 0 N–H and O–H groups in total. The second-order valence-electron chi connectivity index (χ2n) is 2.94. The van der Waals surface area contributed by atoms with Crippen molar-refractivity contribution in [3.8, 4) is 17.3 Å². The molecule has 2 nitrogen and oxygen atoms in total. The minimum Gasteiger partial charge on any atom is -0.255 e. The van der Waals surface area contributed by atoms with Gasteiger partial charge in [0.25, 0.3) is 0 Å². The lowest BCUT2D eigenvalue weighted by molar-refractivity contribution is 1.30. The first-order valence-corrected chi connectivity index (χ1v) is 4.72. The number of benzene rings is 1. The lowest BCUT2D eigenvalue weighted by Gasteiger charge is -2.02. The monoisotopic (exact) mass is 213 g/mol. The molecule has 0 aliphatic heterocycles. The molecular weight excluding hydrogens is 208 g/mol. The summed E-state index contributed by atoms with van der Waals surface area (Å²) in [6.07, 6.45) is 1.65. The van der Waals surface area contributed by atoms with E-state index in [1.165, 1.54) is 0 Å². The molecule has 1 heterocycles. The zero-order chi connectivity index (χ0) is 10.7. The Balaban J connectivity index is 2.60. The maximum absolute atomic E-state index is 8.92. The van der Waals surface area contributed by atoms with Crippen LogP contribution >= 0.6 is 11.6 Å². The Bertz CT molecular complexity index is 529. The van der Waals surface area contributed by atoms with Crippen molar-refractivity contribution in [3.63, 3.8) is 0 Å². The van der Waals surface area contributed by atoms with Crippen molar-refractivity contribution in [1.29, 1.82) is 5.26 Å². The smallest absolute Gasteiger partial charge is 0.101 e. The molecule has 1 aromatic carbocycles. The van der Waals surface area contributed by atoms with Crippen LogP contribution < -0.4 is 0 Å². The maximum Gasteiger partial charge on any atom is 0.101 e. The highest BCUT2D eigenvalue weighted by Crippen LogP contribution is 2.22. The number of hydrogen-bond acceptors (Lipinski definition) is 2. The summed E-state index contributed by atoms with van der Waals surface area (Å²) in [6, 6.07) is 13.7. The van der Waals surface area contributed by atoms with E-state index in [1.54, 1.807) is 30.5 Å². The largest absolute Gasteiger partial charge is 0.255 e. The third-order valence-corrected chi connectivity index (χ3v) is 2.19. The lowest BCUT2D eigenvalue weighted by Crippen LogP contribution is -1.87. The van der Waals surface area contributed by atoms with Crippen LogP contribution in [0.5, 0.6) is 0 Å². The van der Waals surface area contributed by atoms with Gasteiger partial charge in [-0.3, -0.25) is 4.98 Å². The van der Waals surface area contributed by atoms with Crippen molar-refractivity contribution in [1.82, 2.24) is 4.98 Å². The van der Waals surface area contributed by atoms with Gasteiger partial charge in [-0.05, 0) is 18.2 Å². The van der Waals surface area contributed by atoms with Gasteiger partial charge in [-0.25, -0.2) is 0 Å². The number of rotatable bonds is 1. The molecule has 71 valence electrons. The molecule has 3 heteroatoms. The fraction of sp³-hybridized carbons (Fsp3) is 0. The van der Waals surface area contributed by atoms with Gasteiger partial charge in [0.05, 0.1) is 11.3 Å². The summed E-state index contributed by atoms with van der Waals surface area (Å²) >= 11 is 5.82. The summed E-state index contributed by atoms with van der Waals surface area (Å²) in [6.45, 7) is 0. The summed E-state index contributed by atoms with van der Waals surface area (Å²) in [5.41, 5.74) is 2.02. The number of nitriles is 1. The molecule has 0 unspecified atom stereocenters. The topological polar surface area (TPSA) is 36.7 Å². The van der Waals surface area contributed by atoms with Gasteiger partial charge < -0.3 is 0 Å². The first-order chi connectivity index (χ1) is 7.31. The summed E-state index contributed by atoms with van der Waals surface area (Å²) in [7, 11) is 0. The molecule has 1 radical (unpaired) electrons. The third-order valence-electron chi connectivity index (χ3n) is 1.97. The number of aromatic nitrogens is 1. The molecule has 2 aromatic rings. The highest BCUT2D eigenvalue weighted by atomic mass is 35.5. The fourth-order valence-electron chi connectivity index (χ4n) is 1.31. The van der Waals surface area contributed by atoms with Crippen LogP contribution in [0.1, 0.15) is 5.56 Å². The molecule has 0 fully saturated rings. The number of halogens is 1. The molecule has 0 amide bonds. The van der Waals surface area contributed by atoms with E-state index < -0.39 is 0 Å². The normalized spacial score (nSPS) is 9.60. The Morgan fingerprint density at radius 2 is 2.27 bits per heavy atom. The summed E-state index contributed by atoms with van der Waals surface area (Å²) in [5, 5.41) is 9.43. The summed E-state index contributed by atoms with van der Waals surface area (Å²) in [5.74, 6) is 0. The van der Waals surface area contributed by atoms with Crippen LogP contribution in [0.2, 0.25) is 5.02 Å². The van der Waals surface area contributed by atoms with Crippen LogP contribution in [-0.2, 0) is 0 Å². The van der Waals surface area contributed by atoms with Crippen molar-refractivity contribution < 1.29 is 0 Å². The molecule has 0 aliphatic carbocycles. The number of pyridine rings is 1. The van der Waals surface area contributed by atoms with E-state index in [9.17, 15) is 0 Å². The summed E-state index contributed by atoms with van der Waals surface area (Å²) < 4.78 is 0. The highest BCUT2D eigenvalue weighted by Gasteiger charge is 2.05. The van der Waals surface area contributed by atoms with E-state index >= 15 is 0 Å². The molecule has 0 atom stereocenters. The lowest BCUT2D eigenvalue weighted by atomic mass is 10.1. The first kappa shape index (κ1) is 9.70. The number of hydrogen-bond donors (Lipinski definition) is 0. The molecule has 0 saturated carbocycles. The van der Waals surface area contributed by atoms with E-state index in [4.69, 9.17) is 16.9 Å². The van der Waals surface area contributed by atoms with Crippen LogP contribution in [0.15, 0.2) is 36.5 Å². The maximum atomic E-state index is 8.92. The van der Waals surface area contributed by atoms with Crippen LogP contribution in [0.3, 0.4) is 0 Å². The average Bonchev–Trinajstić information content (AvgIpc) is 2.29. The first-order valence-electron chi connectivity index (χ1n) is 4.34. The second-order valence-corrected chi connectivity index (χ2v) is 3.34. The van der Waals surface area contributed by atoms with E-state index in [2.05, 4.69) is 17.1 Å². The Morgan fingerprint density at radius 1 is 1.40 bits per heavy atom.